The highest BCUT2D eigenvalue weighted by molar-refractivity contribution is 9.10. The van der Waals surface area contributed by atoms with Gasteiger partial charge < -0.3 is 9.47 Å². The first-order chi connectivity index (χ1) is 8.69. The first kappa shape index (κ1) is 15.4. The van der Waals surface area contributed by atoms with Crippen LogP contribution in [0.5, 0.6) is 11.5 Å². The Morgan fingerprint density at radius 2 is 1.56 bits per heavy atom. The molecular formula is C14H20BBrO2. The summed E-state index contributed by atoms with van der Waals surface area (Å²) >= 11 is 3.48. The van der Waals surface area contributed by atoms with Crippen LogP contribution in [0.4, 0.5) is 0 Å². The minimum atomic E-state index is 0.626. The van der Waals surface area contributed by atoms with Crippen LogP contribution in [0.3, 0.4) is 0 Å². The van der Waals surface area contributed by atoms with Crippen molar-refractivity contribution in [1.29, 1.82) is 0 Å². The van der Waals surface area contributed by atoms with E-state index in [1.54, 1.807) is 0 Å². The minimum Gasteiger partial charge on any atom is -0.494 e. The molecule has 0 N–H and O–H groups in total. The van der Waals surface area contributed by atoms with Gasteiger partial charge >= 0.3 is 0 Å². The van der Waals surface area contributed by atoms with E-state index in [-0.39, 0.29) is 0 Å². The second-order valence-corrected chi connectivity index (χ2v) is 5.08. The number of hydrogen-bond acceptors (Lipinski definition) is 2. The fourth-order valence-electron chi connectivity index (χ4n) is 1.44. The van der Waals surface area contributed by atoms with E-state index in [0.29, 0.717) is 18.7 Å². The third-order valence-corrected chi connectivity index (χ3v) is 3.19. The highest BCUT2D eigenvalue weighted by Gasteiger charge is 2.07. The standard InChI is InChI=1S/C14H20BBrO2/c1-3-5-7-17-13-10-12(16)14(9-11(13)15)18-8-6-4-2/h9-10H,3-8H2,1-2H3. The molecule has 0 fully saturated rings. The monoisotopic (exact) mass is 310 g/mol. The highest BCUT2D eigenvalue weighted by Crippen LogP contribution is 2.27. The molecule has 0 unspecified atom stereocenters. The first-order valence-corrected chi connectivity index (χ1v) is 7.33. The Balaban J connectivity index is 2.64. The van der Waals surface area contributed by atoms with E-state index in [0.717, 1.165) is 41.7 Å². The van der Waals surface area contributed by atoms with E-state index < -0.39 is 0 Å². The van der Waals surface area contributed by atoms with E-state index in [1.807, 2.05) is 12.1 Å². The molecule has 98 valence electrons. The van der Waals surface area contributed by atoms with Gasteiger partial charge in [0.05, 0.1) is 17.7 Å². The van der Waals surface area contributed by atoms with Gasteiger partial charge in [0.1, 0.15) is 19.3 Å². The van der Waals surface area contributed by atoms with Gasteiger partial charge in [-0.25, -0.2) is 0 Å². The lowest BCUT2D eigenvalue weighted by atomic mass is 9.95. The maximum absolute atomic E-state index is 5.95. The molecule has 0 saturated heterocycles. The predicted molar refractivity (Wildman–Crippen MR) is 80.3 cm³/mol. The van der Waals surface area contributed by atoms with Crippen molar-refractivity contribution in [3.05, 3.63) is 16.6 Å². The third kappa shape index (κ3) is 4.93. The van der Waals surface area contributed by atoms with Crippen molar-refractivity contribution >= 4 is 29.2 Å². The van der Waals surface area contributed by atoms with Crippen LogP contribution in [0.1, 0.15) is 39.5 Å². The molecule has 2 radical (unpaired) electrons. The van der Waals surface area contributed by atoms with E-state index in [1.165, 1.54) is 0 Å². The quantitative estimate of drug-likeness (QED) is 0.539. The van der Waals surface area contributed by atoms with Crippen LogP contribution < -0.4 is 14.9 Å². The van der Waals surface area contributed by atoms with E-state index in [9.17, 15) is 0 Å². The Bertz CT molecular complexity index is 333. The van der Waals surface area contributed by atoms with Crippen molar-refractivity contribution in [1.82, 2.24) is 0 Å². The highest BCUT2D eigenvalue weighted by atomic mass is 79.9. The van der Waals surface area contributed by atoms with Gasteiger partial charge in [-0.1, -0.05) is 32.2 Å². The van der Waals surface area contributed by atoms with Gasteiger partial charge in [0, 0.05) is 0 Å². The fraction of sp³-hybridized carbons (Fsp3) is 0.571. The number of unbranched alkanes of at least 4 members (excludes halogenated alkanes) is 2. The van der Waals surface area contributed by atoms with Crippen LogP contribution in [-0.4, -0.2) is 21.1 Å². The summed E-state index contributed by atoms with van der Waals surface area (Å²) in [4.78, 5) is 0. The van der Waals surface area contributed by atoms with Crippen molar-refractivity contribution in [2.45, 2.75) is 39.5 Å². The van der Waals surface area contributed by atoms with Crippen molar-refractivity contribution in [3.8, 4) is 11.5 Å². The Kier molecular flexibility index (Phi) is 7.25. The number of rotatable bonds is 8. The van der Waals surface area contributed by atoms with Crippen LogP contribution in [0, 0.1) is 0 Å². The first-order valence-electron chi connectivity index (χ1n) is 6.53. The summed E-state index contributed by atoms with van der Waals surface area (Å²) in [7, 11) is 5.95. The molecule has 1 rings (SSSR count). The fourth-order valence-corrected chi connectivity index (χ4v) is 1.88. The van der Waals surface area contributed by atoms with Crippen LogP contribution in [0.2, 0.25) is 0 Å². The zero-order chi connectivity index (χ0) is 13.4. The maximum Gasteiger partial charge on any atom is 0.133 e. The molecule has 18 heavy (non-hydrogen) atoms. The molecule has 0 heterocycles. The molecule has 0 aliphatic heterocycles. The van der Waals surface area contributed by atoms with Gasteiger partial charge in [0.25, 0.3) is 0 Å². The summed E-state index contributed by atoms with van der Waals surface area (Å²) in [6, 6.07) is 3.70. The SMILES string of the molecule is [B]c1cc(OCCCC)c(Br)cc1OCCCC. The molecule has 0 spiro atoms. The molecule has 4 heteroatoms. The molecule has 0 aliphatic rings. The lowest BCUT2D eigenvalue weighted by Gasteiger charge is -2.13. The van der Waals surface area contributed by atoms with E-state index in [2.05, 4.69) is 29.8 Å². The zero-order valence-electron chi connectivity index (χ0n) is 11.2. The van der Waals surface area contributed by atoms with Crippen LogP contribution >= 0.6 is 15.9 Å². The molecular weight excluding hydrogens is 291 g/mol. The summed E-state index contributed by atoms with van der Waals surface area (Å²) in [5.41, 5.74) is 0.626. The smallest absolute Gasteiger partial charge is 0.133 e. The van der Waals surface area contributed by atoms with Gasteiger partial charge in [-0.05, 0) is 40.9 Å². The number of benzene rings is 1. The van der Waals surface area contributed by atoms with Gasteiger partial charge in [-0.3, -0.25) is 0 Å². The van der Waals surface area contributed by atoms with Gasteiger partial charge in [-0.15, -0.1) is 0 Å². The number of hydrogen-bond donors (Lipinski definition) is 0. The Morgan fingerprint density at radius 3 is 2.11 bits per heavy atom. The molecule has 0 aromatic heterocycles. The molecule has 1 aromatic carbocycles. The molecule has 0 saturated carbocycles. The van der Waals surface area contributed by atoms with Crippen LogP contribution in [-0.2, 0) is 0 Å². The normalized spacial score (nSPS) is 10.4. The predicted octanol–water partition coefficient (Wildman–Crippen LogP) is 3.60. The summed E-state index contributed by atoms with van der Waals surface area (Å²) in [5.74, 6) is 1.50. The second-order valence-electron chi connectivity index (χ2n) is 4.22. The third-order valence-electron chi connectivity index (χ3n) is 2.58. The number of ether oxygens (including phenoxy) is 2. The van der Waals surface area contributed by atoms with Crippen molar-refractivity contribution < 1.29 is 9.47 Å². The van der Waals surface area contributed by atoms with E-state index >= 15 is 0 Å². The topological polar surface area (TPSA) is 18.5 Å². The molecule has 0 atom stereocenters. The van der Waals surface area contributed by atoms with Crippen LogP contribution in [0.25, 0.3) is 0 Å². The average molecular weight is 311 g/mol. The molecule has 0 bridgehead atoms. The minimum absolute atomic E-state index is 0.626. The Hall–Kier alpha value is -0.635. The second kappa shape index (κ2) is 8.46. The Morgan fingerprint density at radius 1 is 1.00 bits per heavy atom. The average Bonchev–Trinajstić information content (AvgIpc) is 2.35. The van der Waals surface area contributed by atoms with Crippen molar-refractivity contribution in [2.24, 2.45) is 0 Å². The van der Waals surface area contributed by atoms with Crippen LogP contribution in [0.15, 0.2) is 16.6 Å². The molecule has 1 aromatic rings. The maximum atomic E-state index is 5.95. The van der Waals surface area contributed by atoms with Gasteiger partial charge in [0.15, 0.2) is 0 Å². The largest absolute Gasteiger partial charge is 0.494 e. The van der Waals surface area contributed by atoms with Gasteiger partial charge in [0.2, 0.25) is 0 Å². The summed E-state index contributed by atoms with van der Waals surface area (Å²) in [5, 5.41) is 0. The van der Waals surface area contributed by atoms with E-state index in [4.69, 9.17) is 17.3 Å². The summed E-state index contributed by atoms with van der Waals surface area (Å²) in [6.45, 7) is 5.68. The number of halogens is 1. The zero-order valence-corrected chi connectivity index (χ0v) is 12.8. The molecule has 2 nitrogen and oxygen atoms in total. The molecule has 0 amide bonds. The van der Waals surface area contributed by atoms with Gasteiger partial charge in [-0.2, -0.15) is 0 Å². The molecule has 0 aliphatic carbocycles. The Labute approximate surface area is 120 Å². The lowest BCUT2D eigenvalue weighted by Crippen LogP contribution is -2.11. The summed E-state index contributed by atoms with van der Waals surface area (Å²) < 4.78 is 12.2. The van der Waals surface area contributed by atoms with Crippen molar-refractivity contribution in [2.75, 3.05) is 13.2 Å². The van der Waals surface area contributed by atoms with Crippen molar-refractivity contribution in [3.63, 3.8) is 0 Å². The lowest BCUT2D eigenvalue weighted by molar-refractivity contribution is 0.301. The summed E-state index contributed by atoms with van der Waals surface area (Å²) in [6.07, 6.45) is 4.30.